The Bertz CT molecular complexity index is 504. The predicted octanol–water partition coefficient (Wildman–Crippen LogP) is 1.17. The number of pyridine rings is 1. The molecule has 2 aromatic heterocycles. The second kappa shape index (κ2) is 4.63. The number of hydrogen-bond donors (Lipinski definition) is 1. The van der Waals surface area contributed by atoms with Crippen LogP contribution in [0, 0.1) is 0 Å². The topological polar surface area (TPSA) is 80.7 Å². The van der Waals surface area contributed by atoms with Crippen molar-refractivity contribution >= 4 is 23.5 Å². The number of anilines is 1. The van der Waals surface area contributed by atoms with Crippen molar-refractivity contribution < 1.29 is 4.79 Å². The summed E-state index contributed by atoms with van der Waals surface area (Å²) in [6.45, 7) is 0. The predicted molar refractivity (Wildman–Crippen MR) is 57.0 cm³/mol. The number of aromatic nitrogens is 4. The molecule has 0 aliphatic heterocycles. The van der Waals surface area contributed by atoms with E-state index >= 15 is 0 Å². The molecule has 7 heteroatoms. The van der Waals surface area contributed by atoms with Gasteiger partial charge in [0, 0.05) is 12.4 Å². The highest BCUT2D eigenvalue weighted by atomic mass is 35.5. The summed E-state index contributed by atoms with van der Waals surface area (Å²) in [4.78, 5) is 19.3. The number of halogens is 1. The third-order valence-electron chi connectivity index (χ3n) is 1.72. The number of amides is 1. The first-order valence-corrected chi connectivity index (χ1v) is 4.70. The van der Waals surface area contributed by atoms with Crippen LogP contribution in [0.4, 0.5) is 5.95 Å². The molecule has 2 aromatic rings. The van der Waals surface area contributed by atoms with E-state index in [0.717, 1.165) is 0 Å². The van der Waals surface area contributed by atoms with Crippen LogP contribution in [0.5, 0.6) is 0 Å². The van der Waals surface area contributed by atoms with Gasteiger partial charge in [-0.25, -0.2) is 4.98 Å². The summed E-state index contributed by atoms with van der Waals surface area (Å²) < 4.78 is 0. The van der Waals surface area contributed by atoms with Gasteiger partial charge in [0.2, 0.25) is 5.95 Å². The first-order valence-electron chi connectivity index (χ1n) is 4.32. The molecule has 1 amide bonds. The standard InChI is InChI=1S/C9H6ClN5O/c10-7-1-2-11-5-6(7)8(16)14-9-12-3-4-13-15-9/h1-5H,(H,12,14,15,16). The van der Waals surface area contributed by atoms with Crippen LogP contribution in [0.15, 0.2) is 30.9 Å². The van der Waals surface area contributed by atoms with Crippen LogP contribution in [0.3, 0.4) is 0 Å². The summed E-state index contributed by atoms with van der Waals surface area (Å²) in [5.74, 6) is -0.307. The van der Waals surface area contributed by atoms with Crippen LogP contribution in [-0.2, 0) is 0 Å². The van der Waals surface area contributed by atoms with Gasteiger partial charge in [-0.1, -0.05) is 11.6 Å². The molecule has 0 aliphatic carbocycles. The fraction of sp³-hybridized carbons (Fsp3) is 0. The Morgan fingerprint density at radius 2 is 2.19 bits per heavy atom. The Labute approximate surface area is 95.7 Å². The molecule has 0 spiro atoms. The summed E-state index contributed by atoms with van der Waals surface area (Å²) in [5, 5.41) is 9.96. The van der Waals surface area contributed by atoms with Crippen LogP contribution in [0.1, 0.15) is 10.4 Å². The maximum absolute atomic E-state index is 11.7. The Hall–Kier alpha value is -2.08. The normalized spacial score (nSPS) is 9.81. The molecule has 2 heterocycles. The van der Waals surface area contributed by atoms with Gasteiger partial charge in [-0.2, -0.15) is 5.10 Å². The molecule has 0 saturated heterocycles. The molecule has 0 aliphatic rings. The van der Waals surface area contributed by atoms with Gasteiger partial charge in [0.05, 0.1) is 23.0 Å². The van der Waals surface area contributed by atoms with Crippen molar-refractivity contribution in [2.75, 3.05) is 5.32 Å². The van der Waals surface area contributed by atoms with E-state index in [2.05, 4.69) is 25.5 Å². The third kappa shape index (κ3) is 2.29. The van der Waals surface area contributed by atoms with Crippen molar-refractivity contribution in [1.29, 1.82) is 0 Å². The van der Waals surface area contributed by atoms with Crippen molar-refractivity contribution in [3.05, 3.63) is 41.4 Å². The van der Waals surface area contributed by atoms with Crippen LogP contribution < -0.4 is 5.32 Å². The van der Waals surface area contributed by atoms with E-state index in [1.807, 2.05) is 0 Å². The molecule has 0 fully saturated rings. The molecule has 80 valence electrons. The second-order valence-corrected chi connectivity index (χ2v) is 3.18. The van der Waals surface area contributed by atoms with Gasteiger partial charge in [0.15, 0.2) is 0 Å². The van der Waals surface area contributed by atoms with Gasteiger partial charge < -0.3 is 0 Å². The SMILES string of the molecule is O=C(Nc1nccnn1)c1cnccc1Cl. The molecule has 0 radical (unpaired) electrons. The lowest BCUT2D eigenvalue weighted by Crippen LogP contribution is -2.15. The lowest BCUT2D eigenvalue weighted by molar-refractivity contribution is 0.102. The van der Waals surface area contributed by atoms with Gasteiger partial charge in [-0.05, 0) is 6.07 Å². The summed E-state index contributed by atoms with van der Waals surface area (Å²) in [6.07, 6.45) is 5.70. The minimum absolute atomic E-state index is 0.118. The van der Waals surface area contributed by atoms with Crippen molar-refractivity contribution in [2.45, 2.75) is 0 Å². The van der Waals surface area contributed by atoms with E-state index in [9.17, 15) is 4.79 Å². The highest BCUT2D eigenvalue weighted by molar-refractivity contribution is 6.34. The van der Waals surface area contributed by atoms with Crippen LogP contribution in [-0.4, -0.2) is 26.1 Å². The second-order valence-electron chi connectivity index (χ2n) is 2.78. The maximum atomic E-state index is 11.7. The minimum Gasteiger partial charge on any atom is -0.289 e. The first-order chi connectivity index (χ1) is 7.77. The summed E-state index contributed by atoms with van der Waals surface area (Å²) >= 11 is 5.83. The smallest absolute Gasteiger partial charge is 0.261 e. The van der Waals surface area contributed by atoms with Gasteiger partial charge in [-0.3, -0.25) is 15.1 Å². The Morgan fingerprint density at radius 3 is 2.88 bits per heavy atom. The molecule has 0 aromatic carbocycles. The highest BCUT2D eigenvalue weighted by Crippen LogP contribution is 2.14. The number of carbonyl (C=O) groups excluding carboxylic acids is 1. The van der Waals surface area contributed by atoms with Crippen LogP contribution in [0.25, 0.3) is 0 Å². The number of rotatable bonds is 2. The van der Waals surface area contributed by atoms with Crippen molar-refractivity contribution in [2.24, 2.45) is 0 Å². The fourth-order valence-electron chi connectivity index (χ4n) is 1.02. The van der Waals surface area contributed by atoms with Gasteiger partial charge in [-0.15, -0.1) is 5.10 Å². The summed E-state index contributed by atoms with van der Waals surface area (Å²) in [6, 6.07) is 1.53. The molecule has 1 N–H and O–H groups in total. The molecule has 0 atom stereocenters. The lowest BCUT2D eigenvalue weighted by atomic mass is 10.3. The summed E-state index contributed by atoms with van der Waals surface area (Å²) in [5.41, 5.74) is 0.261. The molecule has 0 saturated carbocycles. The molecule has 0 unspecified atom stereocenters. The molecule has 2 rings (SSSR count). The fourth-order valence-corrected chi connectivity index (χ4v) is 1.21. The quantitative estimate of drug-likeness (QED) is 0.845. The third-order valence-corrected chi connectivity index (χ3v) is 2.05. The molecular weight excluding hydrogens is 230 g/mol. The minimum atomic E-state index is -0.425. The Kier molecular flexibility index (Phi) is 3.02. The molecule has 6 nitrogen and oxygen atoms in total. The zero-order valence-corrected chi connectivity index (χ0v) is 8.72. The van der Waals surface area contributed by atoms with Crippen molar-refractivity contribution in [1.82, 2.24) is 20.2 Å². The first kappa shape index (κ1) is 10.4. The van der Waals surface area contributed by atoms with E-state index < -0.39 is 5.91 Å². The van der Waals surface area contributed by atoms with E-state index in [1.54, 1.807) is 0 Å². The molecular formula is C9H6ClN5O. The summed E-state index contributed by atoms with van der Waals surface area (Å²) in [7, 11) is 0. The maximum Gasteiger partial charge on any atom is 0.261 e. The Morgan fingerprint density at radius 1 is 1.31 bits per heavy atom. The van der Waals surface area contributed by atoms with Crippen molar-refractivity contribution in [3.8, 4) is 0 Å². The van der Waals surface area contributed by atoms with E-state index in [4.69, 9.17) is 11.6 Å². The van der Waals surface area contributed by atoms with Gasteiger partial charge in [0.1, 0.15) is 0 Å². The highest BCUT2D eigenvalue weighted by Gasteiger charge is 2.11. The monoisotopic (exact) mass is 235 g/mol. The number of nitrogens with zero attached hydrogens (tertiary/aromatic N) is 4. The van der Waals surface area contributed by atoms with Crippen molar-refractivity contribution in [3.63, 3.8) is 0 Å². The average Bonchev–Trinajstić information content (AvgIpc) is 2.31. The van der Waals surface area contributed by atoms with E-state index in [1.165, 1.54) is 30.9 Å². The number of carbonyl (C=O) groups is 1. The van der Waals surface area contributed by atoms with Crippen LogP contribution >= 0.6 is 11.6 Å². The zero-order chi connectivity index (χ0) is 11.4. The van der Waals surface area contributed by atoms with Crippen LogP contribution in [0.2, 0.25) is 5.02 Å². The van der Waals surface area contributed by atoms with Gasteiger partial charge >= 0.3 is 0 Å². The number of hydrogen-bond acceptors (Lipinski definition) is 5. The van der Waals surface area contributed by atoms with Gasteiger partial charge in [0.25, 0.3) is 5.91 Å². The number of nitrogens with one attached hydrogen (secondary N) is 1. The largest absolute Gasteiger partial charge is 0.289 e. The van der Waals surface area contributed by atoms with E-state index in [0.29, 0.717) is 5.02 Å². The Balaban J connectivity index is 2.19. The average molecular weight is 236 g/mol. The lowest BCUT2D eigenvalue weighted by Gasteiger charge is -2.03. The molecule has 0 bridgehead atoms. The molecule has 16 heavy (non-hydrogen) atoms. The zero-order valence-electron chi connectivity index (χ0n) is 7.96. The van der Waals surface area contributed by atoms with E-state index in [-0.39, 0.29) is 11.5 Å².